The van der Waals surface area contributed by atoms with Crippen LogP contribution >= 0.6 is 27.7 Å². The quantitative estimate of drug-likeness (QED) is 0.531. The fraction of sp³-hybridized carbons (Fsp3) is 0.353. The number of aromatic hydroxyl groups is 1. The van der Waals surface area contributed by atoms with Crippen molar-refractivity contribution in [1.29, 1.82) is 0 Å². The van der Waals surface area contributed by atoms with Gasteiger partial charge in [-0.3, -0.25) is 19.3 Å². The van der Waals surface area contributed by atoms with Gasteiger partial charge in [0, 0.05) is 0 Å². The summed E-state index contributed by atoms with van der Waals surface area (Å²) in [7, 11) is 1.40. The Morgan fingerprint density at radius 3 is 2.69 bits per heavy atom. The number of imide groups is 1. The Kier molecular flexibility index (Phi) is 6.71. The second kappa shape index (κ2) is 8.59. The number of rotatable bonds is 6. The number of hydrogen-bond donors (Lipinski definition) is 1. The highest BCUT2D eigenvalue weighted by atomic mass is 79.9. The molecule has 0 radical (unpaired) electrons. The average molecular weight is 444 g/mol. The molecule has 1 aliphatic rings. The van der Waals surface area contributed by atoms with E-state index in [9.17, 15) is 19.5 Å². The number of thioether (sulfide) groups is 1. The summed E-state index contributed by atoms with van der Waals surface area (Å²) in [5.41, 5.74) is 0.555. The number of ether oxygens (including phenoxy) is 2. The Morgan fingerprint density at radius 2 is 2.08 bits per heavy atom. The van der Waals surface area contributed by atoms with E-state index in [1.54, 1.807) is 6.07 Å². The third kappa shape index (κ3) is 4.79. The van der Waals surface area contributed by atoms with Gasteiger partial charge in [-0.05, 0) is 57.4 Å². The van der Waals surface area contributed by atoms with E-state index in [0.29, 0.717) is 10.0 Å². The number of halogens is 1. The summed E-state index contributed by atoms with van der Waals surface area (Å²) in [4.78, 5) is 37.3. The van der Waals surface area contributed by atoms with Crippen LogP contribution in [0.5, 0.6) is 11.5 Å². The van der Waals surface area contributed by atoms with Gasteiger partial charge in [0.2, 0.25) is 0 Å². The number of benzene rings is 1. The fourth-order valence-corrected chi connectivity index (χ4v) is 3.35. The van der Waals surface area contributed by atoms with Crippen LogP contribution in [0.15, 0.2) is 21.5 Å². The van der Waals surface area contributed by atoms with Gasteiger partial charge in [-0.25, -0.2) is 0 Å². The summed E-state index contributed by atoms with van der Waals surface area (Å²) < 4.78 is 10.5. The number of esters is 1. The lowest BCUT2D eigenvalue weighted by atomic mass is 10.2. The number of amides is 2. The molecule has 0 unspecified atom stereocenters. The lowest BCUT2D eigenvalue weighted by Crippen LogP contribution is -2.34. The molecule has 140 valence electrons. The Balaban J connectivity index is 2.16. The first-order chi connectivity index (χ1) is 12.2. The maximum atomic E-state index is 12.4. The normalized spacial score (nSPS) is 15.9. The average Bonchev–Trinajstić information content (AvgIpc) is 2.83. The highest BCUT2D eigenvalue weighted by Crippen LogP contribution is 2.38. The van der Waals surface area contributed by atoms with E-state index in [2.05, 4.69) is 15.9 Å². The van der Waals surface area contributed by atoms with E-state index in [-0.39, 0.29) is 28.9 Å². The molecule has 1 heterocycles. The predicted octanol–water partition coefficient (Wildman–Crippen LogP) is 3.40. The van der Waals surface area contributed by atoms with Gasteiger partial charge in [-0.2, -0.15) is 0 Å². The van der Waals surface area contributed by atoms with Crippen LogP contribution in [0.4, 0.5) is 4.79 Å². The van der Waals surface area contributed by atoms with Gasteiger partial charge < -0.3 is 14.6 Å². The lowest BCUT2D eigenvalue weighted by Gasteiger charge is -2.12. The van der Waals surface area contributed by atoms with Crippen LogP contribution in [-0.2, 0) is 14.3 Å². The molecular weight excluding hydrogens is 426 g/mol. The molecule has 1 aliphatic heterocycles. The zero-order valence-corrected chi connectivity index (χ0v) is 16.8. The summed E-state index contributed by atoms with van der Waals surface area (Å²) in [6.07, 6.45) is 1.50. The smallest absolute Gasteiger partial charge is 0.326 e. The largest absolute Gasteiger partial charge is 0.503 e. The van der Waals surface area contributed by atoms with Crippen molar-refractivity contribution in [3.8, 4) is 11.5 Å². The van der Waals surface area contributed by atoms with Gasteiger partial charge in [0.15, 0.2) is 11.5 Å². The van der Waals surface area contributed by atoms with Crippen molar-refractivity contribution in [2.45, 2.75) is 13.8 Å². The molecule has 9 heteroatoms. The summed E-state index contributed by atoms with van der Waals surface area (Å²) in [6.45, 7) is 3.59. The molecule has 1 aromatic carbocycles. The van der Waals surface area contributed by atoms with Gasteiger partial charge >= 0.3 is 5.97 Å². The topological polar surface area (TPSA) is 93.1 Å². The van der Waals surface area contributed by atoms with Crippen molar-refractivity contribution in [2.75, 3.05) is 20.3 Å². The molecule has 26 heavy (non-hydrogen) atoms. The molecule has 1 N–H and O–H groups in total. The molecule has 0 atom stereocenters. The molecule has 0 aromatic heterocycles. The van der Waals surface area contributed by atoms with Crippen LogP contribution in [0.25, 0.3) is 6.08 Å². The highest BCUT2D eigenvalue weighted by Gasteiger charge is 2.36. The third-order valence-electron chi connectivity index (χ3n) is 3.31. The molecule has 0 aliphatic carbocycles. The van der Waals surface area contributed by atoms with Gasteiger partial charge in [0.1, 0.15) is 6.54 Å². The first-order valence-corrected chi connectivity index (χ1v) is 9.31. The van der Waals surface area contributed by atoms with Crippen LogP contribution in [0, 0.1) is 5.92 Å². The van der Waals surface area contributed by atoms with Crippen molar-refractivity contribution in [3.63, 3.8) is 0 Å². The molecule has 7 nitrogen and oxygen atoms in total. The first-order valence-electron chi connectivity index (χ1n) is 7.70. The summed E-state index contributed by atoms with van der Waals surface area (Å²) in [6, 6.07) is 3.12. The van der Waals surface area contributed by atoms with E-state index in [0.717, 1.165) is 16.7 Å². The van der Waals surface area contributed by atoms with Crippen LogP contribution in [-0.4, -0.2) is 47.4 Å². The van der Waals surface area contributed by atoms with Crippen molar-refractivity contribution in [2.24, 2.45) is 5.92 Å². The van der Waals surface area contributed by atoms with E-state index in [1.165, 1.54) is 19.3 Å². The fourth-order valence-electron chi connectivity index (χ4n) is 2.05. The molecule has 2 amide bonds. The van der Waals surface area contributed by atoms with Gasteiger partial charge in [-0.15, -0.1) is 0 Å². The second-order valence-corrected chi connectivity index (χ2v) is 7.75. The van der Waals surface area contributed by atoms with Crippen molar-refractivity contribution in [1.82, 2.24) is 4.90 Å². The van der Waals surface area contributed by atoms with E-state index < -0.39 is 23.7 Å². The first kappa shape index (κ1) is 20.3. The molecule has 0 spiro atoms. The zero-order valence-electron chi connectivity index (χ0n) is 14.4. The summed E-state index contributed by atoms with van der Waals surface area (Å²) >= 11 is 3.94. The number of phenolic OH excluding ortho intramolecular Hbond substituents is 1. The van der Waals surface area contributed by atoms with E-state index in [1.807, 2.05) is 13.8 Å². The van der Waals surface area contributed by atoms with Crippen LogP contribution in [0.2, 0.25) is 0 Å². The van der Waals surface area contributed by atoms with Gasteiger partial charge in [0.25, 0.3) is 11.1 Å². The zero-order chi connectivity index (χ0) is 19.4. The summed E-state index contributed by atoms with van der Waals surface area (Å²) in [5, 5.41) is 9.29. The number of hydrogen-bond acceptors (Lipinski definition) is 7. The van der Waals surface area contributed by atoms with E-state index in [4.69, 9.17) is 9.47 Å². The Morgan fingerprint density at radius 1 is 1.38 bits per heavy atom. The van der Waals surface area contributed by atoms with Gasteiger partial charge in [-0.1, -0.05) is 13.8 Å². The standard InChI is InChI=1S/C17H18BrNO6S/c1-9(2)8-25-14(20)7-19-16(22)13(26-17(19)23)6-10-4-11(18)15(21)12(5-10)24-3/h4-6,9,21H,7-8H2,1-3H3/b13-6+. The minimum absolute atomic E-state index is 0.0642. The molecule has 0 saturated carbocycles. The van der Waals surface area contributed by atoms with Crippen LogP contribution < -0.4 is 4.74 Å². The SMILES string of the molecule is COc1cc(/C=C2/SC(=O)N(CC(=O)OCC(C)C)C2=O)cc(Br)c1O. The second-order valence-electron chi connectivity index (χ2n) is 5.90. The number of nitrogens with zero attached hydrogens (tertiary/aromatic N) is 1. The van der Waals surface area contributed by atoms with Crippen LogP contribution in [0.1, 0.15) is 19.4 Å². The minimum atomic E-state index is -0.628. The van der Waals surface area contributed by atoms with Gasteiger partial charge in [0.05, 0.1) is 23.1 Å². The van der Waals surface area contributed by atoms with Crippen LogP contribution in [0.3, 0.4) is 0 Å². The molecule has 1 saturated heterocycles. The van der Waals surface area contributed by atoms with Crippen molar-refractivity contribution < 1.29 is 29.0 Å². The number of methoxy groups -OCH3 is 1. The summed E-state index contributed by atoms with van der Waals surface area (Å²) in [5.74, 6) is -0.870. The lowest BCUT2D eigenvalue weighted by molar-refractivity contribution is -0.147. The molecule has 1 fully saturated rings. The van der Waals surface area contributed by atoms with E-state index >= 15 is 0 Å². The molecular formula is C17H18BrNO6S. The predicted molar refractivity (Wildman–Crippen MR) is 101 cm³/mol. The molecule has 1 aromatic rings. The Labute approximate surface area is 163 Å². The Hall–Kier alpha value is -2.00. The number of phenols is 1. The third-order valence-corrected chi connectivity index (χ3v) is 4.82. The number of carbonyl (C=O) groups is 3. The number of carbonyl (C=O) groups excluding carboxylic acids is 3. The maximum absolute atomic E-state index is 12.4. The minimum Gasteiger partial charge on any atom is -0.503 e. The van der Waals surface area contributed by atoms with Crippen molar-refractivity contribution >= 4 is 50.9 Å². The Bertz CT molecular complexity index is 777. The molecule has 2 rings (SSSR count). The highest BCUT2D eigenvalue weighted by molar-refractivity contribution is 9.10. The maximum Gasteiger partial charge on any atom is 0.326 e. The van der Waals surface area contributed by atoms with Crippen molar-refractivity contribution in [3.05, 3.63) is 27.1 Å². The molecule has 0 bridgehead atoms. The monoisotopic (exact) mass is 443 g/mol.